The number of hydrogen-bond donors (Lipinski definition) is 2. The van der Waals surface area contributed by atoms with Crippen LogP contribution < -0.4 is 10.2 Å². The molecule has 0 saturated carbocycles. The first-order valence-electron chi connectivity index (χ1n) is 3.67. The molecular formula is C6H14NO3PS. The van der Waals surface area contributed by atoms with E-state index in [1.807, 2.05) is 0 Å². The lowest BCUT2D eigenvalue weighted by atomic mass is 10.4. The standard InChI is InChI=1S/C6H14NO3PS/c1-5(10-11-9)4-7-6(8)2-3-12/h5,12H,2-4,11H2,1H3,(H,7,8)/t5-/m1/s1. The molecule has 0 aliphatic heterocycles. The highest BCUT2D eigenvalue weighted by Crippen LogP contribution is 2.02. The van der Waals surface area contributed by atoms with Crippen LogP contribution in [-0.4, -0.2) is 24.3 Å². The van der Waals surface area contributed by atoms with Crippen LogP contribution in [0.2, 0.25) is 0 Å². The van der Waals surface area contributed by atoms with Gasteiger partial charge in [0.1, 0.15) is 6.10 Å². The number of rotatable bonds is 6. The SMILES string of the molecule is C[C@H](CNC(=O)CCS)O[PH2+][O-]. The van der Waals surface area contributed by atoms with Gasteiger partial charge in [-0.15, -0.1) is 0 Å². The molecule has 4 nitrogen and oxygen atoms in total. The molecule has 2 atom stereocenters. The summed E-state index contributed by atoms with van der Waals surface area (Å²) in [5.41, 5.74) is 0. The first kappa shape index (κ1) is 12.2. The van der Waals surface area contributed by atoms with E-state index in [1.165, 1.54) is 0 Å². The van der Waals surface area contributed by atoms with Gasteiger partial charge in [0.2, 0.25) is 5.91 Å². The Morgan fingerprint density at radius 3 is 3.00 bits per heavy atom. The molecular weight excluding hydrogens is 197 g/mol. The molecule has 0 aromatic rings. The van der Waals surface area contributed by atoms with Crippen LogP contribution in [0.3, 0.4) is 0 Å². The Morgan fingerprint density at radius 2 is 2.50 bits per heavy atom. The molecule has 0 aromatic carbocycles. The summed E-state index contributed by atoms with van der Waals surface area (Å²) in [5.74, 6) is 0.481. The summed E-state index contributed by atoms with van der Waals surface area (Å²) in [6.07, 6.45) is 0.224. The number of carbonyl (C=O) groups is 1. The molecule has 0 spiro atoms. The molecule has 0 radical (unpaired) electrons. The fourth-order valence-electron chi connectivity index (χ4n) is 0.590. The third-order valence-corrected chi connectivity index (χ3v) is 2.01. The summed E-state index contributed by atoms with van der Waals surface area (Å²) in [6, 6.07) is 0. The minimum atomic E-state index is -1.19. The van der Waals surface area contributed by atoms with Gasteiger partial charge < -0.3 is 10.2 Å². The molecule has 1 amide bonds. The number of amides is 1. The zero-order valence-electron chi connectivity index (χ0n) is 6.95. The lowest BCUT2D eigenvalue weighted by molar-refractivity contribution is -0.172. The van der Waals surface area contributed by atoms with Crippen molar-refractivity contribution in [1.82, 2.24) is 5.32 Å². The van der Waals surface area contributed by atoms with Crippen molar-refractivity contribution in [3.8, 4) is 0 Å². The monoisotopic (exact) mass is 211 g/mol. The molecule has 72 valence electrons. The molecule has 0 fully saturated rings. The van der Waals surface area contributed by atoms with Crippen LogP contribution in [0.1, 0.15) is 13.3 Å². The predicted octanol–water partition coefficient (Wildman–Crippen LogP) is -0.571. The average Bonchev–Trinajstić information content (AvgIpc) is 2.02. The molecule has 0 bridgehead atoms. The van der Waals surface area contributed by atoms with Crippen LogP contribution in [0, 0.1) is 0 Å². The van der Waals surface area contributed by atoms with Gasteiger partial charge in [-0.3, -0.25) is 4.79 Å². The smallest absolute Gasteiger partial charge is 0.220 e. The molecule has 0 aromatic heterocycles. The normalized spacial score (nSPS) is 13.6. The van der Waals surface area contributed by atoms with Gasteiger partial charge >= 0.3 is 0 Å². The average molecular weight is 211 g/mol. The van der Waals surface area contributed by atoms with Crippen molar-refractivity contribution in [2.45, 2.75) is 19.4 Å². The molecule has 12 heavy (non-hydrogen) atoms. The molecule has 1 N–H and O–H groups in total. The van der Waals surface area contributed by atoms with Crippen molar-refractivity contribution in [3.05, 3.63) is 0 Å². The third kappa shape index (κ3) is 6.85. The van der Waals surface area contributed by atoms with E-state index in [4.69, 9.17) is 4.52 Å². The summed E-state index contributed by atoms with van der Waals surface area (Å²) in [4.78, 5) is 20.9. The first-order valence-corrected chi connectivity index (χ1v) is 5.25. The van der Waals surface area contributed by atoms with Gasteiger partial charge in [-0.05, 0) is 12.7 Å². The highest BCUT2D eigenvalue weighted by Gasteiger charge is 2.05. The number of hydrogen-bond acceptors (Lipinski definition) is 4. The molecule has 0 aliphatic carbocycles. The molecule has 0 rings (SSSR count). The van der Waals surface area contributed by atoms with Gasteiger partial charge in [-0.1, -0.05) is 0 Å². The molecule has 6 heteroatoms. The number of carbonyl (C=O) groups excluding carboxylic acids is 1. The van der Waals surface area contributed by atoms with Crippen LogP contribution in [0.4, 0.5) is 0 Å². The molecule has 1 unspecified atom stereocenters. The second-order valence-corrected chi connectivity index (χ2v) is 3.23. The summed E-state index contributed by atoms with van der Waals surface area (Å²) < 4.78 is 4.76. The van der Waals surface area contributed by atoms with Crippen LogP contribution in [0.15, 0.2) is 0 Å². The van der Waals surface area contributed by atoms with Crippen LogP contribution in [-0.2, 0) is 9.32 Å². The lowest BCUT2D eigenvalue weighted by Gasteiger charge is -2.09. The van der Waals surface area contributed by atoms with E-state index < -0.39 is 9.03 Å². The summed E-state index contributed by atoms with van der Waals surface area (Å²) in [6.45, 7) is 2.16. The maximum atomic E-state index is 10.9. The van der Waals surface area contributed by atoms with Crippen molar-refractivity contribution >= 4 is 27.6 Å². The zero-order valence-corrected chi connectivity index (χ0v) is 9.00. The summed E-state index contributed by atoms with van der Waals surface area (Å²) >= 11 is 3.91. The largest absolute Gasteiger partial charge is 0.659 e. The maximum Gasteiger partial charge on any atom is 0.220 e. The molecule has 0 aliphatic rings. The predicted molar refractivity (Wildman–Crippen MR) is 51.7 cm³/mol. The Hall–Kier alpha value is 0.170. The van der Waals surface area contributed by atoms with Crippen molar-refractivity contribution in [2.24, 2.45) is 0 Å². The highest BCUT2D eigenvalue weighted by molar-refractivity contribution is 7.80. The number of thiol groups is 1. The number of nitrogens with one attached hydrogen (secondary N) is 1. The topological polar surface area (TPSA) is 61.4 Å². The maximum absolute atomic E-state index is 10.9. The van der Waals surface area contributed by atoms with E-state index >= 15 is 0 Å². The van der Waals surface area contributed by atoms with Gasteiger partial charge in [0, 0.05) is 13.0 Å². The highest BCUT2D eigenvalue weighted by atomic mass is 32.1. The van der Waals surface area contributed by atoms with Crippen LogP contribution >= 0.6 is 21.7 Å². The van der Waals surface area contributed by atoms with Crippen molar-refractivity contribution in [3.63, 3.8) is 0 Å². The van der Waals surface area contributed by atoms with E-state index in [0.717, 1.165) is 0 Å². The van der Waals surface area contributed by atoms with E-state index in [9.17, 15) is 9.69 Å². The van der Waals surface area contributed by atoms with Crippen LogP contribution in [0.25, 0.3) is 0 Å². The summed E-state index contributed by atoms with van der Waals surface area (Å²) in [7, 11) is -1.19. The molecule has 0 heterocycles. The van der Waals surface area contributed by atoms with Gasteiger partial charge in [-0.2, -0.15) is 12.6 Å². The van der Waals surface area contributed by atoms with E-state index in [0.29, 0.717) is 18.7 Å². The lowest BCUT2D eigenvalue weighted by Crippen LogP contribution is -2.31. The Labute approximate surface area is 79.4 Å². The minimum absolute atomic E-state index is 0.0543. The Morgan fingerprint density at radius 1 is 1.83 bits per heavy atom. The van der Waals surface area contributed by atoms with Crippen LogP contribution in [0.5, 0.6) is 0 Å². The second-order valence-electron chi connectivity index (χ2n) is 2.32. The summed E-state index contributed by atoms with van der Waals surface area (Å²) in [5, 5.41) is 2.63. The third-order valence-electron chi connectivity index (χ3n) is 1.21. The second kappa shape index (κ2) is 7.80. The van der Waals surface area contributed by atoms with Crippen molar-refractivity contribution in [2.75, 3.05) is 12.3 Å². The van der Waals surface area contributed by atoms with Gasteiger partial charge in [-0.25, -0.2) is 4.52 Å². The Bertz CT molecular complexity index is 136. The quantitative estimate of drug-likeness (QED) is 0.457. The van der Waals surface area contributed by atoms with Crippen molar-refractivity contribution in [1.29, 1.82) is 0 Å². The van der Waals surface area contributed by atoms with Gasteiger partial charge in [0.15, 0.2) is 0 Å². The fourth-order valence-corrected chi connectivity index (χ4v) is 1.08. The Balaban J connectivity index is 3.33. The molecule has 0 saturated heterocycles. The van der Waals surface area contributed by atoms with E-state index in [-0.39, 0.29) is 12.0 Å². The Kier molecular flexibility index (Phi) is 7.91. The zero-order chi connectivity index (χ0) is 9.40. The van der Waals surface area contributed by atoms with E-state index in [2.05, 4.69) is 17.9 Å². The van der Waals surface area contributed by atoms with Crippen molar-refractivity contribution < 1.29 is 14.2 Å². The first-order chi connectivity index (χ1) is 5.70. The van der Waals surface area contributed by atoms with Gasteiger partial charge in [0.05, 0.1) is 9.03 Å². The minimum Gasteiger partial charge on any atom is -0.659 e. The van der Waals surface area contributed by atoms with Gasteiger partial charge in [0.25, 0.3) is 0 Å². The fraction of sp³-hybridized carbons (Fsp3) is 0.833. The van der Waals surface area contributed by atoms with E-state index in [1.54, 1.807) is 6.92 Å².